The highest BCUT2D eigenvalue weighted by atomic mass is 16.4. The Kier molecular flexibility index (Phi) is 3.67. The summed E-state index contributed by atoms with van der Waals surface area (Å²) < 4.78 is 0. The van der Waals surface area contributed by atoms with Gasteiger partial charge >= 0.3 is 5.97 Å². The van der Waals surface area contributed by atoms with Crippen LogP contribution in [-0.2, 0) is 4.79 Å². The monoisotopic (exact) mass is 224 g/mol. The highest BCUT2D eigenvalue weighted by Crippen LogP contribution is 2.32. The summed E-state index contributed by atoms with van der Waals surface area (Å²) in [4.78, 5) is 11.1. The van der Waals surface area contributed by atoms with Crippen LogP contribution in [0.1, 0.15) is 25.5 Å². The molecule has 0 saturated carbocycles. The van der Waals surface area contributed by atoms with Crippen molar-refractivity contribution in [2.45, 2.75) is 25.6 Å². The molecule has 2 unspecified atom stereocenters. The Balaban J connectivity index is 3.11. The number of carboxylic acid groups (broad SMARTS) is 1. The second kappa shape index (κ2) is 4.63. The van der Waals surface area contributed by atoms with Crippen molar-refractivity contribution in [2.75, 3.05) is 0 Å². The topological polar surface area (TPSA) is 77.8 Å². The summed E-state index contributed by atoms with van der Waals surface area (Å²) in [5, 5.41) is 29.0. The second-order valence-electron chi connectivity index (χ2n) is 4.10. The number of aliphatic hydroxyl groups is 2. The fourth-order valence-corrected chi connectivity index (χ4v) is 1.57. The van der Waals surface area contributed by atoms with Crippen LogP contribution in [0.25, 0.3) is 0 Å². The number of carbonyl (C=O) groups is 1. The molecular formula is C12H16O4. The third-order valence-electron chi connectivity index (χ3n) is 2.75. The van der Waals surface area contributed by atoms with Crippen LogP contribution in [0, 0.1) is 5.92 Å². The van der Waals surface area contributed by atoms with Gasteiger partial charge in [0, 0.05) is 0 Å². The minimum absolute atomic E-state index is 0.390. The van der Waals surface area contributed by atoms with Gasteiger partial charge in [0.05, 0.1) is 0 Å². The minimum Gasteiger partial charge on any atom is -0.479 e. The van der Waals surface area contributed by atoms with Crippen molar-refractivity contribution in [3.05, 3.63) is 35.9 Å². The van der Waals surface area contributed by atoms with E-state index in [1.165, 1.54) is 0 Å². The maximum Gasteiger partial charge on any atom is 0.339 e. The average Bonchev–Trinajstić information content (AvgIpc) is 2.27. The van der Waals surface area contributed by atoms with E-state index >= 15 is 0 Å². The summed E-state index contributed by atoms with van der Waals surface area (Å²) in [6.45, 7) is 3.11. The molecule has 2 atom stereocenters. The molecule has 0 amide bonds. The number of aliphatic hydroxyl groups excluding tert-OH is 1. The zero-order valence-corrected chi connectivity index (χ0v) is 9.29. The van der Waals surface area contributed by atoms with Gasteiger partial charge in [-0.25, -0.2) is 4.79 Å². The fourth-order valence-electron chi connectivity index (χ4n) is 1.57. The van der Waals surface area contributed by atoms with Crippen LogP contribution in [0.15, 0.2) is 30.3 Å². The first-order valence-electron chi connectivity index (χ1n) is 5.09. The van der Waals surface area contributed by atoms with Gasteiger partial charge in [-0.15, -0.1) is 0 Å². The zero-order chi connectivity index (χ0) is 12.3. The smallest absolute Gasteiger partial charge is 0.339 e. The van der Waals surface area contributed by atoms with Gasteiger partial charge < -0.3 is 15.3 Å². The van der Waals surface area contributed by atoms with Crippen LogP contribution in [-0.4, -0.2) is 26.9 Å². The Morgan fingerprint density at radius 2 is 1.75 bits per heavy atom. The largest absolute Gasteiger partial charge is 0.479 e. The number of carboxylic acids is 1. The number of hydrogen-bond donors (Lipinski definition) is 3. The first kappa shape index (κ1) is 12.7. The summed E-state index contributed by atoms with van der Waals surface area (Å²) in [7, 11) is 0. The first-order valence-corrected chi connectivity index (χ1v) is 5.09. The van der Waals surface area contributed by atoms with Crippen molar-refractivity contribution in [1.29, 1.82) is 0 Å². The van der Waals surface area contributed by atoms with E-state index in [0.29, 0.717) is 5.56 Å². The summed E-state index contributed by atoms with van der Waals surface area (Å²) >= 11 is 0. The lowest BCUT2D eigenvalue weighted by Crippen LogP contribution is -2.49. The van der Waals surface area contributed by atoms with Crippen LogP contribution in [0.3, 0.4) is 0 Å². The molecule has 1 aromatic carbocycles. The third kappa shape index (κ3) is 2.08. The summed E-state index contributed by atoms with van der Waals surface area (Å²) in [5.41, 5.74) is -1.78. The van der Waals surface area contributed by atoms with Crippen molar-refractivity contribution in [1.82, 2.24) is 0 Å². The van der Waals surface area contributed by atoms with E-state index in [1.54, 1.807) is 44.2 Å². The van der Waals surface area contributed by atoms with Crippen molar-refractivity contribution in [3.63, 3.8) is 0 Å². The Hall–Kier alpha value is -1.39. The van der Waals surface area contributed by atoms with Crippen molar-refractivity contribution >= 4 is 5.97 Å². The maximum absolute atomic E-state index is 11.1. The molecule has 0 aliphatic rings. The molecule has 0 spiro atoms. The third-order valence-corrected chi connectivity index (χ3v) is 2.75. The standard InChI is InChI=1S/C12H16O4/c1-8(2)12(16,11(14)15)10(13)9-6-4-3-5-7-9/h3-8,10,13,16H,1-2H3,(H,14,15). The van der Waals surface area contributed by atoms with Crippen molar-refractivity contribution in [2.24, 2.45) is 5.92 Å². The SMILES string of the molecule is CC(C)C(O)(C(=O)O)C(O)c1ccccc1. The molecule has 0 aliphatic carbocycles. The predicted molar refractivity (Wildman–Crippen MR) is 58.8 cm³/mol. The van der Waals surface area contributed by atoms with Gasteiger partial charge in [-0.3, -0.25) is 0 Å². The number of rotatable bonds is 4. The van der Waals surface area contributed by atoms with Gasteiger partial charge in [0.15, 0.2) is 5.60 Å². The molecule has 1 aromatic rings. The fraction of sp³-hybridized carbons (Fsp3) is 0.417. The van der Waals surface area contributed by atoms with Crippen molar-refractivity contribution in [3.8, 4) is 0 Å². The van der Waals surface area contributed by atoms with E-state index in [-0.39, 0.29) is 0 Å². The summed E-state index contributed by atoms with van der Waals surface area (Å²) in [6.07, 6.45) is -1.44. The van der Waals surface area contributed by atoms with Gasteiger partial charge in [-0.2, -0.15) is 0 Å². The Morgan fingerprint density at radius 1 is 1.25 bits per heavy atom. The minimum atomic E-state index is -2.17. The lowest BCUT2D eigenvalue weighted by Gasteiger charge is -2.32. The molecule has 3 N–H and O–H groups in total. The number of hydrogen-bond acceptors (Lipinski definition) is 3. The Bertz CT molecular complexity index is 361. The molecule has 4 heteroatoms. The second-order valence-corrected chi connectivity index (χ2v) is 4.10. The van der Waals surface area contributed by atoms with Crippen LogP contribution < -0.4 is 0 Å². The predicted octanol–water partition coefficient (Wildman–Crippen LogP) is 1.19. The van der Waals surface area contributed by atoms with Crippen molar-refractivity contribution < 1.29 is 20.1 Å². The maximum atomic E-state index is 11.1. The molecule has 1 rings (SSSR count). The van der Waals surface area contributed by atoms with E-state index < -0.39 is 23.6 Å². The normalized spacial score (nSPS) is 16.8. The highest BCUT2D eigenvalue weighted by molar-refractivity contribution is 5.78. The van der Waals surface area contributed by atoms with Crippen LogP contribution in [0.4, 0.5) is 0 Å². The van der Waals surface area contributed by atoms with Gasteiger partial charge in [0.1, 0.15) is 6.10 Å². The molecule has 16 heavy (non-hydrogen) atoms. The molecular weight excluding hydrogens is 208 g/mol. The number of benzene rings is 1. The first-order chi connectivity index (χ1) is 7.40. The quantitative estimate of drug-likeness (QED) is 0.718. The molecule has 0 aliphatic heterocycles. The molecule has 0 fully saturated rings. The van der Waals surface area contributed by atoms with E-state index in [9.17, 15) is 15.0 Å². The van der Waals surface area contributed by atoms with Gasteiger partial charge in [-0.05, 0) is 11.5 Å². The highest BCUT2D eigenvalue weighted by Gasteiger charge is 2.47. The Labute approximate surface area is 94.2 Å². The molecule has 0 saturated heterocycles. The summed E-state index contributed by atoms with van der Waals surface area (Å²) in [5.74, 6) is -2.01. The van der Waals surface area contributed by atoms with Crippen LogP contribution >= 0.6 is 0 Å². The molecule has 4 nitrogen and oxygen atoms in total. The Morgan fingerprint density at radius 3 is 2.12 bits per heavy atom. The van der Waals surface area contributed by atoms with E-state index in [1.807, 2.05) is 0 Å². The summed E-state index contributed by atoms with van der Waals surface area (Å²) in [6, 6.07) is 8.29. The van der Waals surface area contributed by atoms with E-state index in [0.717, 1.165) is 0 Å². The van der Waals surface area contributed by atoms with E-state index in [2.05, 4.69) is 0 Å². The van der Waals surface area contributed by atoms with E-state index in [4.69, 9.17) is 5.11 Å². The number of aliphatic carboxylic acids is 1. The molecule has 0 radical (unpaired) electrons. The molecule has 88 valence electrons. The van der Waals surface area contributed by atoms with Gasteiger partial charge in [0.2, 0.25) is 0 Å². The average molecular weight is 224 g/mol. The van der Waals surface area contributed by atoms with Gasteiger partial charge in [-0.1, -0.05) is 44.2 Å². The lowest BCUT2D eigenvalue weighted by molar-refractivity contribution is -0.180. The van der Waals surface area contributed by atoms with Gasteiger partial charge in [0.25, 0.3) is 0 Å². The van der Waals surface area contributed by atoms with Crippen LogP contribution in [0.5, 0.6) is 0 Å². The lowest BCUT2D eigenvalue weighted by atomic mass is 9.82. The van der Waals surface area contributed by atoms with Crippen LogP contribution in [0.2, 0.25) is 0 Å². The zero-order valence-electron chi connectivity index (χ0n) is 9.29. The molecule has 0 bridgehead atoms. The molecule has 0 aromatic heterocycles. The molecule has 0 heterocycles.